The summed E-state index contributed by atoms with van der Waals surface area (Å²) in [7, 11) is 0. The van der Waals surface area contributed by atoms with Crippen molar-refractivity contribution in [3.05, 3.63) is 23.3 Å². The topological polar surface area (TPSA) is 74.6 Å². The van der Waals surface area contributed by atoms with Crippen molar-refractivity contribution in [2.45, 2.75) is 72.6 Å². The highest BCUT2D eigenvalue weighted by molar-refractivity contribution is 6.00. The molecule has 3 saturated carbocycles. The summed E-state index contributed by atoms with van der Waals surface area (Å²) < 4.78 is 0. The molecule has 0 saturated heterocycles. The van der Waals surface area contributed by atoms with Crippen molar-refractivity contribution in [3.63, 3.8) is 0 Å². The molecular formula is C25H36O4. The Bertz CT molecular complexity index is 795. The predicted octanol–water partition coefficient (Wildman–Crippen LogP) is 4.77. The third kappa shape index (κ3) is 2.67. The normalized spacial score (nSPS) is 46.5. The molecule has 0 amide bonds. The molecule has 3 fully saturated rings. The molecule has 4 rings (SSSR count). The van der Waals surface area contributed by atoms with E-state index in [1.807, 2.05) is 26.8 Å². The van der Waals surface area contributed by atoms with Crippen molar-refractivity contribution < 1.29 is 19.8 Å². The van der Waals surface area contributed by atoms with Gasteiger partial charge in [0, 0.05) is 5.92 Å². The Morgan fingerprint density at radius 1 is 1.14 bits per heavy atom. The average molecular weight is 401 g/mol. The minimum Gasteiger partial charge on any atom is -0.481 e. The van der Waals surface area contributed by atoms with E-state index < -0.39 is 17.3 Å². The number of Topliss-reactive ketones (excluding diaryl/α,β-unsaturated/α-hetero) is 1. The number of ketones is 1. The van der Waals surface area contributed by atoms with Crippen LogP contribution in [0.3, 0.4) is 0 Å². The molecule has 0 unspecified atom stereocenters. The number of hydrogen-bond acceptors (Lipinski definition) is 3. The third-order valence-electron chi connectivity index (χ3n) is 9.81. The molecule has 2 bridgehead atoms. The zero-order valence-electron chi connectivity index (χ0n) is 18.3. The summed E-state index contributed by atoms with van der Waals surface area (Å²) in [5, 5.41) is 20.2. The Morgan fingerprint density at radius 2 is 1.86 bits per heavy atom. The first-order chi connectivity index (χ1) is 13.6. The quantitative estimate of drug-likeness (QED) is 0.526. The van der Waals surface area contributed by atoms with Crippen LogP contribution in [-0.4, -0.2) is 28.6 Å². The molecule has 1 spiro atoms. The molecule has 4 nitrogen and oxygen atoms in total. The highest BCUT2D eigenvalue weighted by Crippen LogP contribution is 2.71. The second kappa shape index (κ2) is 6.80. The molecule has 0 aromatic rings. The van der Waals surface area contributed by atoms with Gasteiger partial charge >= 0.3 is 5.97 Å². The van der Waals surface area contributed by atoms with E-state index in [0.29, 0.717) is 23.8 Å². The van der Waals surface area contributed by atoms with E-state index >= 15 is 0 Å². The maximum atomic E-state index is 13.1. The number of fused-ring (bicyclic) bond motifs is 3. The molecule has 0 radical (unpaired) electrons. The molecular weight excluding hydrogens is 364 g/mol. The molecule has 4 heteroatoms. The van der Waals surface area contributed by atoms with Crippen molar-refractivity contribution in [1.29, 1.82) is 0 Å². The molecule has 0 aromatic heterocycles. The first kappa shape index (κ1) is 20.8. The van der Waals surface area contributed by atoms with Gasteiger partial charge in [-0.25, -0.2) is 0 Å². The lowest BCUT2D eigenvalue weighted by molar-refractivity contribution is -0.190. The third-order valence-corrected chi connectivity index (χ3v) is 9.81. The Hall–Kier alpha value is -1.42. The van der Waals surface area contributed by atoms with Gasteiger partial charge in [0.15, 0.2) is 5.78 Å². The number of aliphatic carboxylic acids is 1. The highest BCUT2D eigenvalue weighted by Gasteiger charge is 2.67. The minimum atomic E-state index is -1.02. The Balaban J connectivity index is 1.75. The molecule has 160 valence electrons. The average Bonchev–Trinajstić information content (AvgIpc) is 2.96. The highest BCUT2D eigenvalue weighted by atomic mass is 16.4. The number of carboxylic acid groups (broad SMARTS) is 1. The summed E-state index contributed by atoms with van der Waals surface area (Å²) in [6, 6.07) is 0. The SMILES string of the molecule is C/C=C(\C)C(=O)[C@@H]1CC[C@@]2(C)[C@@H]3CC[C@@H]4C[C@]3(C=C4CO)CC[C@@H]2[C@@]1(C)C(=O)O. The number of aliphatic hydroxyl groups excluding tert-OH is 1. The lowest BCUT2D eigenvalue weighted by atomic mass is 9.39. The van der Waals surface area contributed by atoms with Gasteiger partial charge in [-0.05, 0) is 105 Å². The smallest absolute Gasteiger partial charge is 0.310 e. The fourth-order valence-corrected chi connectivity index (χ4v) is 8.27. The standard InChI is InChI=1S/C25H36O4/c1-5-15(2)21(27)18-8-10-23(3)19(24(18,4)22(28)29)9-11-25-12-16(6-7-20(23)25)17(13-25)14-26/h5,13,16,18-20,26H,6-12,14H2,1-4H3,(H,28,29)/b15-5+/t16-,18+,19+,20+,23-,24+,25+/m1/s1. The number of aliphatic hydroxyl groups is 1. The van der Waals surface area contributed by atoms with Crippen LogP contribution in [0, 0.1) is 39.9 Å². The Morgan fingerprint density at radius 3 is 2.48 bits per heavy atom. The van der Waals surface area contributed by atoms with E-state index in [1.54, 1.807) is 0 Å². The van der Waals surface area contributed by atoms with Crippen LogP contribution in [0.25, 0.3) is 0 Å². The van der Waals surface area contributed by atoms with Crippen LogP contribution < -0.4 is 0 Å². The van der Waals surface area contributed by atoms with Crippen molar-refractivity contribution in [3.8, 4) is 0 Å². The van der Waals surface area contributed by atoms with Gasteiger partial charge in [-0.15, -0.1) is 0 Å². The van der Waals surface area contributed by atoms with Crippen molar-refractivity contribution >= 4 is 11.8 Å². The number of allylic oxidation sites excluding steroid dienone is 3. The van der Waals surface area contributed by atoms with Gasteiger partial charge in [-0.3, -0.25) is 9.59 Å². The predicted molar refractivity (Wildman–Crippen MR) is 112 cm³/mol. The summed E-state index contributed by atoms with van der Waals surface area (Å²) in [4.78, 5) is 25.8. The molecule has 4 aliphatic carbocycles. The second-order valence-electron chi connectivity index (χ2n) is 10.8. The van der Waals surface area contributed by atoms with Crippen LogP contribution in [0.4, 0.5) is 0 Å². The zero-order valence-corrected chi connectivity index (χ0v) is 18.3. The first-order valence-electron chi connectivity index (χ1n) is 11.4. The van der Waals surface area contributed by atoms with Crippen LogP contribution >= 0.6 is 0 Å². The van der Waals surface area contributed by atoms with Crippen molar-refractivity contribution in [1.82, 2.24) is 0 Å². The van der Waals surface area contributed by atoms with Crippen molar-refractivity contribution in [2.24, 2.45) is 39.9 Å². The lowest BCUT2D eigenvalue weighted by Crippen LogP contribution is -2.62. The number of carboxylic acids is 1. The van der Waals surface area contributed by atoms with Crippen LogP contribution in [0.2, 0.25) is 0 Å². The molecule has 0 aromatic carbocycles. The lowest BCUT2D eigenvalue weighted by Gasteiger charge is -2.64. The summed E-state index contributed by atoms with van der Waals surface area (Å²) >= 11 is 0. The summed E-state index contributed by atoms with van der Waals surface area (Å²) in [5.74, 6) is -0.250. The Labute approximate surface area is 174 Å². The molecule has 7 atom stereocenters. The fraction of sp³-hybridized carbons (Fsp3) is 0.760. The number of rotatable bonds is 4. The molecule has 2 N–H and O–H groups in total. The van der Waals surface area contributed by atoms with E-state index in [2.05, 4.69) is 13.0 Å². The van der Waals surface area contributed by atoms with E-state index in [4.69, 9.17) is 0 Å². The fourth-order valence-electron chi connectivity index (χ4n) is 8.27. The van der Waals surface area contributed by atoms with Crippen LogP contribution in [-0.2, 0) is 9.59 Å². The van der Waals surface area contributed by atoms with Gasteiger partial charge < -0.3 is 10.2 Å². The van der Waals surface area contributed by atoms with Crippen molar-refractivity contribution in [2.75, 3.05) is 6.61 Å². The van der Waals surface area contributed by atoms with Gasteiger partial charge in [-0.2, -0.15) is 0 Å². The Kier molecular flexibility index (Phi) is 4.88. The second-order valence-corrected chi connectivity index (χ2v) is 10.8. The minimum absolute atomic E-state index is 0.0126. The van der Waals surface area contributed by atoms with Gasteiger partial charge in [0.05, 0.1) is 12.0 Å². The summed E-state index contributed by atoms with van der Waals surface area (Å²) in [6.07, 6.45) is 11.0. The van der Waals surface area contributed by atoms with E-state index in [0.717, 1.165) is 38.5 Å². The van der Waals surface area contributed by atoms with E-state index in [-0.39, 0.29) is 29.1 Å². The monoisotopic (exact) mass is 400 g/mol. The number of hydrogen-bond donors (Lipinski definition) is 2. The summed E-state index contributed by atoms with van der Waals surface area (Å²) in [6.45, 7) is 8.00. The van der Waals surface area contributed by atoms with Gasteiger partial charge in [0.2, 0.25) is 0 Å². The zero-order chi connectivity index (χ0) is 21.2. The van der Waals surface area contributed by atoms with Crippen LogP contribution in [0.1, 0.15) is 72.6 Å². The first-order valence-corrected chi connectivity index (χ1v) is 11.4. The van der Waals surface area contributed by atoms with Gasteiger partial charge in [0.25, 0.3) is 0 Å². The van der Waals surface area contributed by atoms with Crippen LogP contribution in [0.5, 0.6) is 0 Å². The molecule has 0 aliphatic heterocycles. The molecule has 29 heavy (non-hydrogen) atoms. The van der Waals surface area contributed by atoms with Gasteiger partial charge in [-0.1, -0.05) is 19.1 Å². The van der Waals surface area contributed by atoms with Crippen LogP contribution in [0.15, 0.2) is 23.3 Å². The maximum absolute atomic E-state index is 13.1. The van der Waals surface area contributed by atoms with E-state index in [1.165, 1.54) is 5.57 Å². The van der Waals surface area contributed by atoms with Gasteiger partial charge in [0.1, 0.15) is 0 Å². The summed E-state index contributed by atoms with van der Waals surface area (Å²) in [5.41, 5.74) is 0.933. The molecule has 4 aliphatic rings. The molecule has 0 heterocycles. The maximum Gasteiger partial charge on any atom is 0.310 e. The largest absolute Gasteiger partial charge is 0.481 e. The van der Waals surface area contributed by atoms with E-state index in [9.17, 15) is 19.8 Å². The number of carbonyl (C=O) groups is 2. The number of carbonyl (C=O) groups excluding carboxylic acids is 1.